The number of ether oxygens (including phenoxy) is 1. The summed E-state index contributed by atoms with van der Waals surface area (Å²) in [7, 11) is 0. The predicted molar refractivity (Wildman–Crippen MR) is 116 cm³/mol. The molecule has 154 valence electrons. The number of carbonyl (C=O) groups is 1. The largest absolute Gasteiger partial charge is 0.460 e. The van der Waals surface area contributed by atoms with Gasteiger partial charge >= 0.3 is 5.97 Å². The first-order valence-electron chi connectivity index (χ1n) is 10.0. The van der Waals surface area contributed by atoms with E-state index in [1.807, 2.05) is 42.5 Å². The summed E-state index contributed by atoms with van der Waals surface area (Å²) in [6, 6.07) is 19.0. The molecule has 0 spiro atoms. The van der Waals surface area contributed by atoms with Crippen LogP contribution in [0.25, 0.3) is 0 Å². The zero-order valence-corrected chi connectivity index (χ0v) is 17.3. The number of nitrogens with zero attached hydrogens (tertiary/aromatic N) is 1. The van der Waals surface area contributed by atoms with Crippen LogP contribution in [0, 0.1) is 0 Å². The lowest BCUT2D eigenvalue weighted by Crippen LogP contribution is -2.48. The lowest BCUT2D eigenvalue weighted by Gasteiger charge is -2.39. The van der Waals surface area contributed by atoms with Crippen molar-refractivity contribution in [1.82, 2.24) is 4.90 Å². The van der Waals surface area contributed by atoms with Crippen molar-refractivity contribution < 1.29 is 14.6 Å². The van der Waals surface area contributed by atoms with Crippen molar-refractivity contribution in [3.8, 4) is 0 Å². The van der Waals surface area contributed by atoms with E-state index < -0.39 is 11.6 Å². The molecule has 0 saturated carbocycles. The number of rotatable bonds is 6. The lowest BCUT2D eigenvalue weighted by atomic mass is 9.86. The Labute approximate surface area is 178 Å². The van der Waals surface area contributed by atoms with Crippen molar-refractivity contribution in [2.24, 2.45) is 0 Å². The molecule has 2 aromatic carbocycles. The van der Waals surface area contributed by atoms with E-state index in [0.29, 0.717) is 23.2 Å². The maximum Gasteiger partial charge on any atom is 0.347 e. The molecule has 2 aromatic rings. The molecule has 5 heteroatoms. The molecule has 0 radical (unpaired) electrons. The van der Waals surface area contributed by atoms with Gasteiger partial charge in [-0.25, -0.2) is 4.79 Å². The number of aliphatic hydroxyl groups is 1. The predicted octanol–water partition coefficient (Wildman–Crippen LogP) is 4.07. The summed E-state index contributed by atoms with van der Waals surface area (Å²) < 4.78 is 5.93. The van der Waals surface area contributed by atoms with Crippen molar-refractivity contribution in [2.75, 3.05) is 6.54 Å². The Morgan fingerprint density at radius 2 is 1.52 bits per heavy atom. The molecule has 2 heterocycles. The molecule has 2 aliphatic heterocycles. The highest BCUT2D eigenvalue weighted by molar-refractivity contribution is 5.86. The summed E-state index contributed by atoms with van der Waals surface area (Å²) in [5.74, 6) is -0.591. The van der Waals surface area contributed by atoms with E-state index >= 15 is 0 Å². The first-order chi connectivity index (χ1) is 13.6. The van der Waals surface area contributed by atoms with Gasteiger partial charge in [-0.15, -0.1) is 19.0 Å². The van der Waals surface area contributed by atoms with Crippen LogP contribution in [0.3, 0.4) is 0 Å². The molecule has 4 nitrogen and oxygen atoms in total. The van der Waals surface area contributed by atoms with Crippen molar-refractivity contribution in [3.63, 3.8) is 0 Å². The minimum atomic E-state index is -1.81. The lowest BCUT2D eigenvalue weighted by molar-refractivity contribution is -0.171. The number of carbonyl (C=O) groups excluding carboxylic acids is 1. The van der Waals surface area contributed by atoms with Gasteiger partial charge in [-0.3, -0.25) is 4.90 Å². The second-order valence-electron chi connectivity index (χ2n) is 7.81. The van der Waals surface area contributed by atoms with Gasteiger partial charge in [0, 0.05) is 31.5 Å². The Morgan fingerprint density at radius 1 is 1.03 bits per heavy atom. The molecular formula is C24H28ClNO3. The second-order valence-corrected chi connectivity index (χ2v) is 7.81. The molecule has 2 saturated heterocycles. The van der Waals surface area contributed by atoms with Crippen LogP contribution < -0.4 is 0 Å². The molecule has 2 fully saturated rings. The van der Waals surface area contributed by atoms with Crippen molar-refractivity contribution in [3.05, 3.63) is 84.4 Å². The molecule has 3 atom stereocenters. The van der Waals surface area contributed by atoms with Crippen molar-refractivity contribution >= 4 is 18.4 Å². The smallest absolute Gasteiger partial charge is 0.347 e. The molecule has 0 amide bonds. The fourth-order valence-electron chi connectivity index (χ4n) is 4.77. The number of fused-ring (bicyclic) bond motifs is 2. The summed E-state index contributed by atoms with van der Waals surface area (Å²) in [5, 5.41) is 11.5. The molecule has 2 bridgehead atoms. The van der Waals surface area contributed by atoms with Crippen LogP contribution in [0.1, 0.15) is 36.8 Å². The third kappa shape index (κ3) is 4.11. The third-order valence-electron chi connectivity index (χ3n) is 6.13. The number of halogens is 1. The maximum absolute atomic E-state index is 13.3. The van der Waals surface area contributed by atoms with Gasteiger partial charge in [0.2, 0.25) is 5.60 Å². The maximum atomic E-state index is 13.3. The SMILES string of the molecule is C=CCN1[C@@H]2CC[C@H]1CC(OC(=O)C(O)(c1ccccc1)c1ccccc1)C2.Cl. The minimum absolute atomic E-state index is 0. The molecule has 0 aromatic heterocycles. The molecule has 0 aliphatic carbocycles. The van der Waals surface area contributed by atoms with E-state index in [9.17, 15) is 9.90 Å². The molecule has 1 unspecified atom stereocenters. The average Bonchev–Trinajstić information content (AvgIpc) is 2.97. The molecule has 29 heavy (non-hydrogen) atoms. The standard InChI is InChI=1S/C24H27NO3.ClH/c1-2-15-25-20-13-14-21(25)17-22(16-20)28-23(26)24(27,18-9-5-3-6-10-18)19-11-7-4-8-12-19;/h2-12,20-22,27H,1,13-17H2;1H/t20-,21+,22?;. The van der Waals surface area contributed by atoms with Crippen LogP contribution in [-0.4, -0.2) is 40.7 Å². The topological polar surface area (TPSA) is 49.8 Å². The third-order valence-corrected chi connectivity index (χ3v) is 6.13. The zero-order valence-electron chi connectivity index (χ0n) is 16.4. The van der Waals surface area contributed by atoms with Gasteiger partial charge in [0.25, 0.3) is 0 Å². The molecule has 2 aliphatic rings. The highest BCUT2D eigenvalue weighted by atomic mass is 35.5. The van der Waals surface area contributed by atoms with Crippen molar-refractivity contribution in [2.45, 2.75) is 49.5 Å². The van der Waals surface area contributed by atoms with E-state index in [4.69, 9.17) is 4.74 Å². The van der Waals surface area contributed by atoms with Gasteiger partial charge in [-0.2, -0.15) is 0 Å². The fourth-order valence-corrected chi connectivity index (χ4v) is 4.77. The van der Waals surface area contributed by atoms with E-state index in [1.165, 1.54) is 0 Å². The summed E-state index contributed by atoms with van der Waals surface area (Å²) in [6.45, 7) is 4.74. The second kappa shape index (κ2) is 9.12. The normalized spacial score (nSPS) is 23.8. The quantitative estimate of drug-likeness (QED) is 0.573. The van der Waals surface area contributed by atoms with Gasteiger partial charge in [-0.1, -0.05) is 66.7 Å². The number of benzene rings is 2. The van der Waals surface area contributed by atoms with E-state index in [2.05, 4.69) is 11.5 Å². The highest BCUT2D eigenvalue weighted by Gasteiger charge is 2.46. The van der Waals surface area contributed by atoms with Crippen LogP contribution >= 0.6 is 12.4 Å². The van der Waals surface area contributed by atoms with E-state index in [-0.39, 0.29) is 18.5 Å². The van der Waals surface area contributed by atoms with E-state index in [0.717, 1.165) is 32.2 Å². The fraction of sp³-hybridized carbons (Fsp3) is 0.375. The Balaban J connectivity index is 0.00000240. The first-order valence-corrected chi connectivity index (χ1v) is 10.0. The first kappa shape index (κ1) is 21.6. The zero-order chi connectivity index (χ0) is 19.6. The van der Waals surface area contributed by atoms with Crippen LogP contribution in [0.5, 0.6) is 0 Å². The summed E-state index contributed by atoms with van der Waals surface area (Å²) in [5.41, 5.74) is -0.753. The molecular weight excluding hydrogens is 386 g/mol. The van der Waals surface area contributed by atoms with Gasteiger partial charge in [-0.05, 0) is 24.0 Å². The summed E-state index contributed by atoms with van der Waals surface area (Å²) in [4.78, 5) is 15.7. The number of piperidine rings is 1. The van der Waals surface area contributed by atoms with Crippen LogP contribution in [0.2, 0.25) is 0 Å². The Hall–Kier alpha value is -2.14. The van der Waals surface area contributed by atoms with Crippen LogP contribution in [0.4, 0.5) is 0 Å². The summed E-state index contributed by atoms with van der Waals surface area (Å²) >= 11 is 0. The minimum Gasteiger partial charge on any atom is -0.460 e. The number of esters is 1. The van der Waals surface area contributed by atoms with Crippen LogP contribution in [-0.2, 0) is 15.1 Å². The van der Waals surface area contributed by atoms with Gasteiger partial charge < -0.3 is 9.84 Å². The monoisotopic (exact) mass is 413 g/mol. The Bertz CT molecular complexity index is 773. The van der Waals surface area contributed by atoms with E-state index in [1.54, 1.807) is 24.3 Å². The number of hydrogen-bond acceptors (Lipinski definition) is 4. The number of hydrogen-bond donors (Lipinski definition) is 1. The van der Waals surface area contributed by atoms with Crippen LogP contribution in [0.15, 0.2) is 73.3 Å². The average molecular weight is 414 g/mol. The highest BCUT2D eigenvalue weighted by Crippen LogP contribution is 2.38. The van der Waals surface area contributed by atoms with Gasteiger partial charge in [0.1, 0.15) is 6.10 Å². The Morgan fingerprint density at radius 3 is 1.97 bits per heavy atom. The molecule has 4 rings (SSSR count). The molecule has 1 N–H and O–H groups in total. The van der Waals surface area contributed by atoms with Crippen molar-refractivity contribution in [1.29, 1.82) is 0 Å². The summed E-state index contributed by atoms with van der Waals surface area (Å²) in [6.07, 6.45) is 5.68. The van der Waals surface area contributed by atoms with Gasteiger partial charge in [0.05, 0.1) is 0 Å². The van der Waals surface area contributed by atoms with Gasteiger partial charge in [0.15, 0.2) is 0 Å². The Kier molecular flexibility index (Phi) is 6.78.